The van der Waals surface area contributed by atoms with Gasteiger partial charge in [-0.05, 0) is 18.9 Å². The van der Waals surface area contributed by atoms with Crippen molar-refractivity contribution in [1.82, 2.24) is 9.97 Å². The summed E-state index contributed by atoms with van der Waals surface area (Å²) < 4.78 is 0. The SMILES string of the molecule is OCC1CCCN1c1ncccn1. The minimum atomic E-state index is 0.193. The summed E-state index contributed by atoms with van der Waals surface area (Å²) in [5, 5.41) is 9.10. The molecule has 2 rings (SSSR count). The Labute approximate surface area is 77.2 Å². The standard InChI is InChI=1S/C9H13N3O/c13-7-8-3-1-6-12(8)9-10-4-2-5-11-9/h2,4-5,8,13H,1,3,6-7H2. The molecule has 0 spiro atoms. The number of rotatable bonds is 2. The molecule has 1 aromatic rings. The van der Waals surface area contributed by atoms with Crippen molar-refractivity contribution >= 4 is 5.95 Å². The van der Waals surface area contributed by atoms with Gasteiger partial charge in [-0.15, -0.1) is 0 Å². The molecule has 1 aromatic heterocycles. The molecule has 1 atom stereocenters. The molecule has 1 aliphatic rings. The maximum Gasteiger partial charge on any atom is 0.225 e. The average molecular weight is 179 g/mol. The molecule has 1 unspecified atom stereocenters. The molecule has 1 fully saturated rings. The Morgan fingerprint density at radius 2 is 2.23 bits per heavy atom. The lowest BCUT2D eigenvalue weighted by Crippen LogP contribution is -2.33. The maximum atomic E-state index is 9.10. The van der Waals surface area contributed by atoms with Gasteiger partial charge >= 0.3 is 0 Å². The lowest BCUT2D eigenvalue weighted by Gasteiger charge is -2.22. The molecule has 70 valence electrons. The molecule has 1 aliphatic heterocycles. The van der Waals surface area contributed by atoms with E-state index < -0.39 is 0 Å². The van der Waals surface area contributed by atoms with Crippen molar-refractivity contribution in [3.63, 3.8) is 0 Å². The van der Waals surface area contributed by atoms with Gasteiger partial charge in [0.1, 0.15) is 0 Å². The summed E-state index contributed by atoms with van der Waals surface area (Å²) in [4.78, 5) is 10.4. The van der Waals surface area contributed by atoms with Crippen LogP contribution in [0.1, 0.15) is 12.8 Å². The van der Waals surface area contributed by atoms with E-state index in [1.807, 2.05) is 0 Å². The van der Waals surface area contributed by atoms with E-state index in [9.17, 15) is 0 Å². The third-order valence-electron chi connectivity index (χ3n) is 2.40. The fourth-order valence-electron chi connectivity index (χ4n) is 1.73. The lowest BCUT2D eigenvalue weighted by atomic mass is 10.2. The lowest BCUT2D eigenvalue weighted by molar-refractivity contribution is 0.265. The average Bonchev–Trinajstić information content (AvgIpc) is 2.67. The van der Waals surface area contributed by atoms with Crippen molar-refractivity contribution in [1.29, 1.82) is 0 Å². The van der Waals surface area contributed by atoms with Gasteiger partial charge in [0.15, 0.2) is 0 Å². The van der Waals surface area contributed by atoms with Crippen LogP contribution in [0.2, 0.25) is 0 Å². The van der Waals surface area contributed by atoms with Gasteiger partial charge in [0.2, 0.25) is 5.95 Å². The van der Waals surface area contributed by atoms with Crippen LogP contribution in [0.4, 0.5) is 5.95 Å². The first-order valence-electron chi connectivity index (χ1n) is 4.56. The zero-order valence-corrected chi connectivity index (χ0v) is 7.43. The van der Waals surface area contributed by atoms with E-state index in [4.69, 9.17) is 5.11 Å². The van der Waals surface area contributed by atoms with Crippen LogP contribution in [0.3, 0.4) is 0 Å². The van der Waals surface area contributed by atoms with Crippen molar-refractivity contribution in [2.45, 2.75) is 18.9 Å². The largest absolute Gasteiger partial charge is 0.394 e. The summed E-state index contributed by atoms with van der Waals surface area (Å²) in [5.74, 6) is 0.735. The Morgan fingerprint density at radius 1 is 1.46 bits per heavy atom. The molecular weight excluding hydrogens is 166 g/mol. The Bertz CT molecular complexity index is 265. The second kappa shape index (κ2) is 3.70. The van der Waals surface area contributed by atoms with Crippen LogP contribution < -0.4 is 4.90 Å². The fourth-order valence-corrected chi connectivity index (χ4v) is 1.73. The number of hydrogen-bond donors (Lipinski definition) is 1. The first-order valence-corrected chi connectivity index (χ1v) is 4.56. The minimum Gasteiger partial charge on any atom is -0.394 e. The number of anilines is 1. The first kappa shape index (κ1) is 8.44. The topological polar surface area (TPSA) is 49.2 Å². The molecule has 4 nitrogen and oxygen atoms in total. The van der Waals surface area contributed by atoms with E-state index in [1.165, 1.54) is 0 Å². The molecule has 0 aromatic carbocycles. The van der Waals surface area contributed by atoms with Crippen LogP contribution in [-0.4, -0.2) is 34.3 Å². The molecule has 1 saturated heterocycles. The molecular formula is C9H13N3O. The number of aliphatic hydroxyl groups excluding tert-OH is 1. The Morgan fingerprint density at radius 3 is 2.92 bits per heavy atom. The molecule has 4 heteroatoms. The Hall–Kier alpha value is -1.16. The Kier molecular flexibility index (Phi) is 2.40. The molecule has 0 bridgehead atoms. The van der Waals surface area contributed by atoms with E-state index in [0.717, 1.165) is 25.3 Å². The molecule has 0 saturated carbocycles. The van der Waals surface area contributed by atoms with Crippen molar-refractivity contribution in [3.8, 4) is 0 Å². The van der Waals surface area contributed by atoms with Crippen molar-refractivity contribution in [2.24, 2.45) is 0 Å². The van der Waals surface area contributed by atoms with Gasteiger partial charge in [-0.2, -0.15) is 0 Å². The summed E-state index contributed by atoms with van der Waals surface area (Å²) in [6.07, 6.45) is 5.61. The Balaban J connectivity index is 2.16. The second-order valence-electron chi connectivity index (χ2n) is 3.22. The number of aliphatic hydroxyl groups is 1. The third-order valence-corrected chi connectivity index (χ3v) is 2.40. The molecule has 1 N–H and O–H groups in total. The third kappa shape index (κ3) is 1.62. The first-order chi connectivity index (χ1) is 6.42. The number of aromatic nitrogens is 2. The summed E-state index contributed by atoms with van der Waals surface area (Å²) >= 11 is 0. The van der Waals surface area contributed by atoms with Crippen LogP contribution in [0.15, 0.2) is 18.5 Å². The predicted molar refractivity (Wildman–Crippen MR) is 49.5 cm³/mol. The zero-order valence-electron chi connectivity index (χ0n) is 7.43. The van der Waals surface area contributed by atoms with Crippen molar-refractivity contribution < 1.29 is 5.11 Å². The van der Waals surface area contributed by atoms with Gasteiger partial charge in [-0.1, -0.05) is 0 Å². The van der Waals surface area contributed by atoms with E-state index in [1.54, 1.807) is 18.5 Å². The summed E-state index contributed by atoms with van der Waals surface area (Å²) in [7, 11) is 0. The zero-order chi connectivity index (χ0) is 9.10. The van der Waals surface area contributed by atoms with E-state index in [0.29, 0.717) is 0 Å². The highest BCUT2D eigenvalue weighted by molar-refractivity contribution is 5.32. The maximum absolute atomic E-state index is 9.10. The van der Waals surface area contributed by atoms with Crippen molar-refractivity contribution in [2.75, 3.05) is 18.1 Å². The number of nitrogens with zero attached hydrogens (tertiary/aromatic N) is 3. The highest BCUT2D eigenvalue weighted by atomic mass is 16.3. The highest BCUT2D eigenvalue weighted by Gasteiger charge is 2.25. The molecule has 0 radical (unpaired) electrons. The van der Waals surface area contributed by atoms with Gasteiger partial charge in [0.05, 0.1) is 12.6 Å². The predicted octanol–water partition coefficient (Wildman–Crippen LogP) is 0.438. The van der Waals surface area contributed by atoms with Gasteiger partial charge < -0.3 is 10.0 Å². The smallest absolute Gasteiger partial charge is 0.225 e. The summed E-state index contributed by atoms with van der Waals surface area (Å²) in [6.45, 7) is 1.15. The normalized spacial score (nSPS) is 22.2. The molecule has 0 amide bonds. The quantitative estimate of drug-likeness (QED) is 0.715. The molecule has 2 heterocycles. The summed E-state index contributed by atoms with van der Waals surface area (Å²) in [5.41, 5.74) is 0. The fraction of sp³-hybridized carbons (Fsp3) is 0.556. The van der Waals surface area contributed by atoms with Gasteiger partial charge in [-0.25, -0.2) is 9.97 Å². The van der Waals surface area contributed by atoms with Crippen LogP contribution in [-0.2, 0) is 0 Å². The second-order valence-corrected chi connectivity index (χ2v) is 3.22. The van der Waals surface area contributed by atoms with Crippen molar-refractivity contribution in [3.05, 3.63) is 18.5 Å². The van der Waals surface area contributed by atoms with Gasteiger partial charge in [0, 0.05) is 18.9 Å². The van der Waals surface area contributed by atoms with Crippen LogP contribution in [0, 0.1) is 0 Å². The van der Waals surface area contributed by atoms with E-state index >= 15 is 0 Å². The van der Waals surface area contributed by atoms with Gasteiger partial charge in [0.25, 0.3) is 0 Å². The van der Waals surface area contributed by atoms with E-state index in [-0.39, 0.29) is 12.6 Å². The molecule has 0 aliphatic carbocycles. The van der Waals surface area contributed by atoms with Crippen LogP contribution in [0.5, 0.6) is 0 Å². The monoisotopic (exact) mass is 179 g/mol. The number of hydrogen-bond acceptors (Lipinski definition) is 4. The minimum absolute atomic E-state index is 0.193. The summed E-state index contributed by atoms with van der Waals surface area (Å²) in [6, 6.07) is 2.01. The molecule has 13 heavy (non-hydrogen) atoms. The van der Waals surface area contributed by atoms with E-state index in [2.05, 4.69) is 14.9 Å². The van der Waals surface area contributed by atoms with Crippen LogP contribution in [0.25, 0.3) is 0 Å². The van der Waals surface area contributed by atoms with Crippen LogP contribution >= 0.6 is 0 Å². The van der Waals surface area contributed by atoms with Gasteiger partial charge in [-0.3, -0.25) is 0 Å². The highest BCUT2D eigenvalue weighted by Crippen LogP contribution is 2.20.